The smallest absolute Gasteiger partial charge is 0.288 e. The monoisotopic (exact) mass is 373 g/mol. The lowest BCUT2D eigenvalue weighted by atomic mass is 10.2. The zero-order chi connectivity index (χ0) is 17.5. The standard InChI is InChI=1S/C14H17F2N5OS2/c1-9(2)7-21-14(18-19-20-21)23-8-12(22)17-10-5-3-4-6-11(10)24-13(15)16/h3-6,9,13H,7-8H2,1-2H3,(H,17,22). The van der Waals surface area contributed by atoms with Gasteiger partial charge in [0.15, 0.2) is 0 Å². The zero-order valence-corrected chi connectivity index (χ0v) is 14.8. The van der Waals surface area contributed by atoms with Crippen molar-refractivity contribution in [3.63, 3.8) is 0 Å². The number of thioether (sulfide) groups is 2. The molecule has 1 aromatic heterocycles. The molecule has 6 nitrogen and oxygen atoms in total. The summed E-state index contributed by atoms with van der Waals surface area (Å²) in [5, 5.41) is 14.6. The number of halogens is 2. The molecule has 0 fully saturated rings. The fraction of sp³-hybridized carbons (Fsp3) is 0.429. The largest absolute Gasteiger partial charge is 0.324 e. The van der Waals surface area contributed by atoms with Gasteiger partial charge in [0.25, 0.3) is 5.76 Å². The molecule has 10 heteroatoms. The normalized spacial score (nSPS) is 11.2. The molecule has 1 aromatic carbocycles. The fourth-order valence-corrected chi connectivity index (χ4v) is 3.13. The van der Waals surface area contributed by atoms with Gasteiger partial charge in [-0.05, 0) is 28.5 Å². The number of nitrogens with zero attached hydrogens (tertiary/aromatic N) is 4. The molecular formula is C14H17F2N5OS2. The summed E-state index contributed by atoms with van der Waals surface area (Å²) < 4.78 is 26.7. The molecule has 0 saturated heterocycles. The number of amides is 1. The third kappa shape index (κ3) is 5.75. The average Bonchev–Trinajstić information content (AvgIpc) is 2.93. The van der Waals surface area contributed by atoms with E-state index in [2.05, 4.69) is 20.8 Å². The summed E-state index contributed by atoms with van der Waals surface area (Å²) in [6.45, 7) is 4.74. The number of alkyl halides is 2. The number of para-hydroxylation sites is 1. The predicted molar refractivity (Wildman–Crippen MR) is 90.3 cm³/mol. The highest BCUT2D eigenvalue weighted by atomic mass is 32.2. The summed E-state index contributed by atoms with van der Waals surface area (Å²) >= 11 is 1.60. The molecule has 0 unspecified atom stereocenters. The third-order valence-corrected chi connectivity index (χ3v) is 4.49. The number of hydrogen-bond acceptors (Lipinski definition) is 6. The quantitative estimate of drug-likeness (QED) is 0.715. The minimum absolute atomic E-state index is 0.0894. The third-order valence-electron chi connectivity index (χ3n) is 2.75. The molecule has 1 heterocycles. The van der Waals surface area contributed by atoms with Gasteiger partial charge in [-0.1, -0.05) is 49.5 Å². The van der Waals surface area contributed by atoms with Crippen molar-refractivity contribution < 1.29 is 13.6 Å². The van der Waals surface area contributed by atoms with Gasteiger partial charge in [-0.3, -0.25) is 4.79 Å². The number of hydrogen-bond donors (Lipinski definition) is 1. The van der Waals surface area contributed by atoms with Gasteiger partial charge in [0.2, 0.25) is 11.1 Å². The predicted octanol–water partition coefficient (Wildman–Crippen LogP) is 3.37. The fourth-order valence-electron chi connectivity index (χ4n) is 1.85. The highest BCUT2D eigenvalue weighted by Gasteiger charge is 2.14. The van der Waals surface area contributed by atoms with Crippen LogP contribution < -0.4 is 5.32 Å². The SMILES string of the molecule is CC(C)Cn1nnnc1SCC(=O)Nc1ccccc1SC(F)F. The first-order valence-electron chi connectivity index (χ1n) is 7.18. The van der Waals surface area contributed by atoms with Gasteiger partial charge in [-0.15, -0.1) is 5.10 Å². The summed E-state index contributed by atoms with van der Waals surface area (Å²) in [5.74, 6) is -2.38. The van der Waals surface area contributed by atoms with Gasteiger partial charge in [0.05, 0.1) is 11.4 Å². The van der Waals surface area contributed by atoms with Crippen molar-refractivity contribution in [2.75, 3.05) is 11.1 Å². The van der Waals surface area contributed by atoms with Crippen LogP contribution in [0.15, 0.2) is 34.3 Å². The van der Waals surface area contributed by atoms with E-state index in [4.69, 9.17) is 0 Å². The maximum atomic E-state index is 12.5. The summed E-state index contributed by atoms with van der Waals surface area (Å²) in [6.07, 6.45) is 0. The van der Waals surface area contributed by atoms with Crippen molar-refractivity contribution in [2.45, 2.75) is 36.2 Å². The van der Waals surface area contributed by atoms with Crippen LogP contribution in [0.25, 0.3) is 0 Å². The molecular weight excluding hydrogens is 356 g/mol. The highest BCUT2D eigenvalue weighted by Crippen LogP contribution is 2.31. The van der Waals surface area contributed by atoms with E-state index in [0.717, 1.165) is 0 Å². The number of aromatic nitrogens is 4. The molecule has 1 amide bonds. The van der Waals surface area contributed by atoms with E-state index in [-0.39, 0.29) is 11.7 Å². The summed E-state index contributed by atoms with van der Waals surface area (Å²) in [4.78, 5) is 12.4. The van der Waals surface area contributed by atoms with Crippen molar-refractivity contribution >= 4 is 35.1 Å². The lowest BCUT2D eigenvalue weighted by Gasteiger charge is -2.10. The van der Waals surface area contributed by atoms with Crippen LogP contribution in [0, 0.1) is 5.92 Å². The summed E-state index contributed by atoms with van der Waals surface area (Å²) in [7, 11) is 0. The lowest BCUT2D eigenvalue weighted by molar-refractivity contribution is -0.113. The van der Waals surface area contributed by atoms with E-state index in [1.807, 2.05) is 13.8 Å². The Hall–Kier alpha value is -1.68. The van der Waals surface area contributed by atoms with Crippen LogP contribution >= 0.6 is 23.5 Å². The molecule has 0 radical (unpaired) electrons. The molecule has 2 rings (SSSR count). The van der Waals surface area contributed by atoms with Crippen molar-refractivity contribution in [3.05, 3.63) is 24.3 Å². The molecule has 2 aromatic rings. The number of anilines is 1. The Morgan fingerprint density at radius 1 is 1.33 bits per heavy atom. The van der Waals surface area contributed by atoms with E-state index >= 15 is 0 Å². The Morgan fingerprint density at radius 3 is 2.79 bits per heavy atom. The summed E-state index contributed by atoms with van der Waals surface area (Å²) in [5.41, 5.74) is 0.371. The second-order valence-electron chi connectivity index (χ2n) is 5.25. The van der Waals surface area contributed by atoms with Crippen molar-refractivity contribution in [1.82, 2.24) is 20.2 Å². The van der Waals surface area contributed by atoms with Gasteiger partial charge < -0.3 is 5.32 Å². The molecule has 1 N–H and O–H groups in total. The number of benzene rings is 1. The maximum absolute atomic E-state index is 12.5. The Labute approximate surface area is 146 Å². The Bertz CT molecular complexity index is 681. The average molecular weight is 373 g/mol. The van der Waals surface area contributed by atoms with Crippen LogP contribution in [0.4, 0.5) is 14.5 Å². The van der Waals surface area contributed by atoms with E-state index in [1.54, 1.807) is 28.9 Å². The first-order valence-corrected chi connectivity index (χ1v) is 9.05. The van der Waals surface area contributed by atoms with Crippen LogP contribution in [0.3, 0.4) is 0 Å². The van der Waals surface area contributed by atoms with Gasteiger partial charge in [-0.25, -0.2) is 4.68 Å². The van der Waals surface area contributed by atoms with E-state index in [0.29, 0.717) is 40.0 Å². The molecule has 0 aliphatic heterocycles. The molecule has 0 bridgehead atoms. The van der Waals surface area contributed by atoms with E-state index in [9.17, 15) is 13.6 Å². The van der Waals surface area contributed by atoms with Crippen LogP contribution in [-0.2, 0) is 11.3 Å². The molecule has 24 heavy (non-hydrogen) atoms. The number of carbonyl (C=O) groups excluding carboxylic acids is 1. The Balaban J connectivity index is 1.94. The first kappa shape index (κ1) is 18.7. The number of carbonyl (C=O) groups is 1. The lowest BCUT2D eigenvalue weighted by Crippen LogP contribution is -2.16. The molecule has 0 aliphatic carbocycles. The minimum Gasteiger partial charge on any atom is -0.324 e. The Morgan fingerprint density at radius 2 is 2.08 bits per heavy atom. The number of nitrogens with one attached hydrogen (secondary N) is 1. The molecule has 0 saturated carbocycles. The molecule has 130 valence electrons. The van der Waals surface area contributed by atoms with E-state index in [1.165, 1.54) is 11.8 Å². The van der Waals surface area contributed by atoms with Gasteiger partial charge in [0, 0.05) is 11.4 Å². The van der Waals surface area contributed by atoms with Crippen LogP contribution in [0.1, 0.15) is 13.8 Å². The van der Waals surface area contributed by atoms with Crippen molar-refractivity contribution in [3.8, 4) is 0 Å². The zero-order valence-electron chi connectivity index (χ0n) is 13.1. The second kappa shape index (κ2) is 8.97. The van der Waals surface area contributed by atoms with E-state index < -0.39 is 5.76 Å². The highest BCUT2D eigenvalue weighted by molar-refractivity contribution is 8.00. The molecule has 0 aliphatic rings. The molecule has 0 atom stereocenters. The summed E-state index contributed by atoms with van der Waals surface area (Å²) in [6, 6.07) is 6.47. The number of tetrazole rings is 1. The molecule has 0 spiro atoms. The Kier molecular flexibility index (Phi) is 6.98. The minimum atomic E-state index is -2.54. The van der Waals surface area contributed by atoms with Crippen LogP contribution in [-0.4, -0.2) is 37.6 Å². The second-order valence-corrected chi connectivity index (χ2v) is 7.22. The van der Waals surface area contributed by atoms with Crippen LogP contribution in [0.5, 0.6) is 0 Å². The van der Waals surface area contributed by atoms with Crippen molar-refractivity contribution in [2.24, 2.45) is 5.92 Å². The van der Waals surface area contributed by atoms with Gasteiger partial charge in [0.1, 0.15) is 0 Å². The maximum Gasteiger partial charge on any atom is 0.288 e. The first-order chi connectivity index (χ1) is 11.5. The van der Waals surface area contributed by atoms with Gasteiger partial charge >= 0.3 is 0 Å². The van der Waals surface area contributed by atoms with Crippen LogP contribution in [0.2, 0.25) is 0 Å². The van der Waals surface area contributed by atoms with Crippen molar-refractivity contribution in [1.29, 1.82) is 0 Å². The van der Waals surface area contributed by atoms with Gasteiger partial charge in [-0.2, -0.15) is 8.78 Å². The topological polar surface area (TPSA) is 72.7 Å². The number of rotatable bonds is 8.